The standard InChI is InChI=1S/C20H23N3O2S/c1-11-6-8-13(9-7-11)18-17(22-12(2)26-18)20(25)23-15-5-3-4-14(15)10-16(23)19(21)24/h6-9,14-16H,3-5,10H2,1-2H3,(H2,21,24)/t14-,15-,16-/m0/s1. The van der Waals surface area contributed by atoms with Crippen molar-refractivity contribution in [1.29, 1.82) is 0 Å². The molecule has 0 unspecified atom stereocenters. The molecule has 2 aromatic rings. The number of primary amides is 1. The first-order valence-corrected chi connectivity index (χ1v) is 9.94. The average Bonchev–Trinajstić information content (AvgIpc) is 3.28. The van der Waals surface area contributed by atoms with Crippen molar-refractivity contribution in [2.75, 3.05) is 0 Å². The minimum absolute atomic E-state index is 0.118. The fourth-order valence-corrected chi connectivity index (χ4v) is 5.35. The van der Waals surface area contributed by atoms with Crippen LogP contribution in [0.15, 0.2) is 24.3 Å². The normalized spacial score (nSPS) is 24.7. The van der Waals surface area contributed by atoms with E-state index in [4.69, 9.17) is 5.73 Å². The Morgan fingerprint density at radius 3 is 2.62 bits per heavy atom. The van der Waals surface area contributed by atoms with E-state index >= 15 is 0 Å². The first kappa shape index (κ1) is 17.2. The summed E-state index contributed by atoms with van der Waals surface area (Å²) in [5.74, 6) is -0.168. The highest BCUT2D eigenvalue weighted by Gasteiger charge is 2.48. The summed E-state index contributed by atoms with van der Waals surface area (Å²) in [5, 5.41) is 0.849. The molecule has 5 nitrogen and oxygen atoms in total. The Morgan fingerprint density at radius 2 is 1.92 bits per heavy atom. The van der Waals surface area contributed by atoms with E-state index in [1.54, 1.807) is 4.90 Å². The minimum atomic E-state index is -0.509. The fourth-order valence-electron chi connectivity index (χ4n) is 4.43. The maximum absolute atomic E-state index is 13.4. The Kier molecular flexibility index (Phi) is 4.31. The highest BCUT2D eigenvalue weighted by atomic mass is 32.1. The Morgan fingerprint density at radius 1 is 1.19 bits per heavy atom. The van der Waals surface area contributed by atoms with Crippen LogP contribution in [0.3, 0.4) is 0 Å². The van der Waals surface area contributed by atoms with Crippen molar-refractivity contribution in [3.63, 3.8) is 0 Å². The van der Waals surface area contributed by atoms with Gasteiger partial charge in [0.05, 0.1) is 9.88 Å². The van der Waals surface area contributed by atoms with E-state index in [2.05, 4.69) is 4.98 Å². The number of hydrogen-bond donors (Lipinski definition) is 1. The van der Waals surface area contributed by atoms with Gasteiger partial charge in [-0.05, 0) is 44.6 Å². The number of amides is 2. The van der Waals surface area contributed by atoms with Gasteiger partial charge in [-0.1, -0.05) is 36.2 Å². The van der Waals surface area contributed by atoms with Crippen LogP contribution in [0.25, 0.3) is 10.4 Å². The van der Waals surface area contributed by atoms with Crippen LogP contribution < -0.4 is 5.73 Å². The second kappa shape index (κ2) is 6.50. The van der Waals surface area contributed by atoms with E-state index in [1.165, 1.54) is 16.9 Å². The molecule has 4 rings (SSSR count). The van der Waals surface area contributed by atoms with E-state index in [0.29, 0.717) is 18.0 Å². The number of benzene rings is 1. The number of nitrogens with zero attached hydrogens (tertiary/aromatic N) is 2. The van der Waals surface area contributed by atoms with Gasteiger partial charge in [0.15, 0.2) is 0 Å². The molecule has 2 amide bonds. The van der Waals surface area contributed by atoms with E-state index in [0.717, 1.165) is 34.7 Å². The van der Waals surface area contributed by atoms with E-state index < -0.39 is 11.9 Å². The summed E-state index contributed by atoms with van der Waals surface area (Å²) in [6.07, 6.45) is 3.81. The van der Waals surface area contributed by atoms with Crippen LogP contribution in [0.5, 0.6) is 0 Å². The van der Waals surface area contributed by atoms with Crippen molar-refractivity contribution in [1.82, 2.24) is 9.88 Å². The lowest BCUT2D eigenvalue weighted by Crippen LogP contribution is -2.47. The van der Waals surface area contributed by atoms with Gasteiger partial charge in [0.2, 0.25) is 5.91 Å². The van der Waals surface area contributed by atoms with Crippen molar-refractivity contribution in [3.05, 3.63) is 40.5 Å². The predicted molar refractivity (Wildman–Crippen MR) is 102 cm³/mol. The second-order valence-corrected chi connectivity index (χ2v) is 8.60. The van der Waals surface area contributed by atoms with Gasteiger partial charge in [-0.25, -0.2) is 4.98 Å². The third kappa shape index (κ3) is 2.82. The molecule has 26 heavy (non-hydrogen) atoms. The number of rotatable bonds is 3. The number of likely N-dealkylation sites (tertiary alicyclic amines) is 1. The molecule has 1 aliphatic carbocycles. The van der Waals surface area contributed by atoms with Gasteiger partial charge in [0.1, 0.15) is 11.7 Å². The summed E-state index contributed by atoms with van der Waals surface area (Å²) >= 11 is 1.52. The smallest absolute Gasteiger partial charge is 0.274 e. The first-order chi connectivity index (χ1) is 12.5. The summed E-state index contributed by atoms with van der Waals surface area (Å²) in [5.41, 5.74) is 8.24. The molecular weight excluding hydrogens is 346 g/mol. The summed E-state index contributed by atoms with van der Waals surface area (Å²) in [6, 6.07) is 7.72. The Balaban J connectivity index is 1.74. The van der Waals surface area contributed by atoms with Crippen LogP contribution in [0.4, 0.5) is 0 Å². The Labute approximate surface area is 157 Å². The maximum atomic E-state index is 13.4. The molecule has 2 N–H and O–H groups in total. The third-order valence-electron chi connectivity index (χ3n) is 5.65. The van der Waals surface area contributed by atoms with Crippen LogP contribution >= 0.6 is 11.3 Å². The van der Waals surface area contributed by atoms with Gasteiger partial charge >= 0.3 is 0 Å². The number of fused-ring (bicyclic) bond motifs is 1. The summed E-state index contributed by atoms with van der Waals surface area (Å²) < 4.78 is 0. The second-order valence-electron chi connectivity index (χ2n) is 7.40. The molecule has 1 saturated carbocycles. The zero-order valence-corrected chi connectivity index (χ0v) is 15.9. The van der Waals surface area contributed by atoms with Crippen LogP contribution in [-0.4, -0.2) is 33.8 Å². The molecule has 136 valence electrons. The predicted octanol–water partition coefficient (Wildman–Crippen LogP) is 3.30. The molecule has 6 heteroatoms. The lowest BCUT2D eigenvalue weighted by Gasteiger charge is -2.27. The third-order valence-corrected chi connectivity index (χ3v) is 6.67. The molecule has 2 heterocycles. The van der Waals surface area contributed by atoms with Gasteiger partial charge in [-0.15, -0.1) is 11.3 Å². The molecule has 0 spiro atoms. The Bertz CT molecular complexity index is 858. The van der Waals surface area contributed by atoms with Gasteiger partial charge in [0, 0.05) is 6.04 Å². The van der Waals surface area contributed by atoms with Gasteiger partial charge < -0.3 is 10.6 Å². The SMILES string of the molecule is Cc1ccc(-c2sc(C)nc2C(=O)N2[C@H](C(N)=O)C[C@@H]3CCC[C@@H]32)cc1. The monoisotopic (exact) mass is 369 g/mol. The zero-order chi connectivity index (χ0) is 18.4. The van der Waals surface area contributed by atoms with E-state index in [1.807, 2.05) is 38.1 Å². The van der Waals surface area contributed by atoms with E-state index in [-0.39, 0.29) is 11.9 Å². The molecule has 0 bridgehead atoms. The van der Waals surface area contributed by atoms with Crippen molar-refractivity contribution in [3.8, 4) is 10.4 Å². The quantitative estimate of drug-likeness (QED) is 0.902. The summed E-state index contributed by atoms with van der Waals surface area (Å²) in [4.78, 5) is 32.6. The highest BCUT2D eigenvalue weighted by Crippen LogP contribution is 2.43. The number of aromatic nitrogens is 1. The topological polar surface area (TPSA) is 76.3 Å². The molecule has 1 aromatic heterocycles. The summed E-state index contributed by atoms with van der Waals surface area (Å²) in [7, 11) is 0. The maximum Gasteiger partial charge on any atom is 0.274 e. The molecule has 0 radical (unpaired) electrons. The average molecular weight is 369 g/mol. The molecule has 2 aliphatic rings. The molecule has 1 saturated heterocycles. The van der Waals surface area contributed by atoms with Crippen molar-refractivity contribution in [2.24, 2.45) is 11.7 Å². The van der Waals surface area contributed by atoms with Crippen LogP contribution in [-0.2, 0) is 4.79 Å². The van der Waals surface area contributed by atoms with Crippen LogP contribution in [0, 0.1) is 19.8 Å². The van der Waals surface area contributed by atoms with E-state index in [9.17, 15) is 9.59 Å². The number of carbonyl (C=O) groups excluding carboxylic acids is 2. The molecule has 1 aliphatic heterocycles. The van der Waals surface area contributed by atoms with Gasteiger partial charge in [-0.3, -0.25) is 9.59 Å². The molecule has 1 aromatic carbocycles. The Hall–Kier alpha value is -2.21. The number of carbonyl (C=O) groups is 2. The minimum Gasteiger partial charge on any atom is -0.368 e. The number of hydrogen-bond acceptors (Lipinski definition) is 4. The van der Waals surface area contributed by atoms with Crippen molar-refractivity contribution < 1.29 is 9.59 Å². The highest BCUT2D eigenvalue weighted by molar-refractivity contribution is 7.15. The van der Waals surface area contributed by atoms with Crippen LogP contribution in [0.2, 0.25) is 0 Å². The largest absolute Gasteiger partial charge is 0.368 e. The van der Waals surface area contributed by atoms with Gasteiger partial charge in [0.25, 0.3) is 5.91 Å². The van der Waals surface area contributed by atoms with Crippen molar-refractivity contribution in [2.45, 2.75) is 51.6 Å². The lowest BCUT2D eigenvalue weighted by molar-refractivity contribution is -0.122. The lowest BCUT2D eigenvalue weighted by atomic mass is 10.0. The molecular formula is C20H23N3O2S. The number of aryl methyl sites for hydroxylation is 2. The zero-order valence-electron chi connectivity index (χ0n) is 15.1. The fraction of sp³-hybridized carbons (Fsp3) is 0.450. The molecule has 3 atom stereocenters. The van der Waals surface area contributed by atoms with Crippen molar-refractivity contribution >= 4 is 23.2 Å². The van der Waals surface area contributed by atoms with Gasteiger partial charge in [-0.2, -0.15) is 0 Å². The summed E-state index contributed by atoms with van der Waals surface area (Å²) in [6.45, 7) is 3.95. The molecule has 2 fully saturated rings. The number of nitrogens with two attached hydrogens (primary N) is 1. The number of thiazole rings is 1. The van der Waals surface area contributed by atoms with Crippen LogP contribution in [0.1, 0.15) is 46.7 Å². The first-order valence-electron chi connectivity index (χ1n) is 9.12.